The van der Waals surface area contributed by atoms with Gasteiger partial charge in [-0.05, 0) is 265 Å². The zero-order chi connectivity index (χ0) is 51.4. The molecule has 74 heavy (non-hydrogen) atoms. The number of nitrogens with zero attached hydrogens (tertiary/aromatic N) is 2. The molecule has 0 aliphatic heterocycles. The first-order valence-corrected chi connectivity index (χ1v) is 26.3. The van der Waals surface area contributed by atoms with Crippen molar-refractivity contribution in [1.29, 1.82) is 0 Å². The van der Waals surface area contributed by atoms with Crippen molar-refractivity contribution in [2.45, 2.75) is 83.1 Å². The highest BCUT2D eigenvalue weighted by molar-refractivity contribution is 6.33. The lowest BCUT2D eigenvalue weighted by Crippen LogP contribution is -2.14. The third-order valence-electron chi connectivity index (χ3n) is 17.2. The van der Waals surface area contributed by atoms with Crippen LogP contribution in [0.3, 0.4) is 0 Å². The third-order valence-corrected chi connectivity index (χ3v) is 17.2. The van der Waals surface area contributed by atoms with Crippen LogP contribution < -0.4 is 9.80 Å². The summed E-state index contributed by atoms with van der Waals surface area (Å²) in [5, 5.41) is 12.4. The van der Waals surface area contributed by atoms with Crippen molar-refractivity contribution in [3.63, 3.8) is 0 Å². The molecule has 12 aromatic rings. The Kier molecular flexibility index (Phi) is 11.3. The van der Waals surface area contributed by atoms with Crippen molar-refractivity contribution in [3.05, 3.63) is 237 Å². The quantitative estimate of drug-likeness (QED) is 0.140. The van der Waals surface area contributed by atoms with Gasteiger partial charge in [0.2, 0.25) is 0 Å². The summed E-state index contributed by atoms with van der Waals surface area (Å²) in [6, 6.07) is 65.3. The van der Waals surface area contributed by atoms with Gasteiger partial charge in [-0.1, -0.05) is 109 Å². The fourth-order valence-electron chi connectivity index (χ4n) is 12.1. The molecule has 0 amide bonds. The van der Waals surface area contributed by atoms with Crippen LogP contribution in [0.4, 0.5) is 34.1 Å². The van der Waals surface area contributed by atoms with E-state index in [2.05, 4.69) is 263 Å². The molecule has 0 aliphatic rings. The number of fused-ring (bicyclic) bond motifs is 2. The molecule has 2 nitrogen and oxygen atoms in total. The average Bonchev–Trinajstić information content (AvgIpc) is 3.39. The standard InChI is InChI=1S/C72H64N2/c1-41-31-55(32-42(2)49(41)9)73(56-33-43(3)50(10)44(4)34-56)69-39-67(61-25-17-21-53-19-13-15-23-59(53)61)63-28-30-66-70(74(57-35-45(5)51(11)46(6)36-57)58-37-47(7)52(12)48(8)38-58)40-68(64-27-29-65(69)71(63)72(64)66)62-26-18-22-54-20-14-16-24-60(54)62/h13-40H,1-12H3. The molecule has 2 heteroatoms. The van der Waals surface area contributed by atoms with E-state index in [9.17, 15) is 0 Å². The molecular formula is C72H64N2. The van der Waals surface area contributed by atoms with Crippen molar-refractivity contribution in [3.8, 4) is 22.3 Å². The van der Waals surface area contributed by atoms with E-state index in [0.29, 0.717) is 0 Å². The summed E-state index contributed by atoms with van der Waals surface area (Å²) >= 11 is 0. The van der Waals surface area contributed by atoms with E-state index in [4.69, 9.17) is 0 Å². The van der Waals surface area contributed by atoms with Gasteiger partial charge in [-0.15, -0.1) is 0 Å². The predicted molar refractivity (Wildman–Crippen MR) is 322 cm³/mol. The summed E-state index contributed by atoms with van der Waals surface area (Å²) in [7, 11) is 0. The molecule has 0 bridgehead atoms. The van der Waals surface area contributed by atoms with Gasteiger partial charge in [0.05, 0.1) is 11.4 Å². The molecule has 362 valence electrons. The van der Waals surface area contributed by atoms with Crippen LogP contribution in [0.15, 0.2) is 170 Å². The van der Waals surface area contributed by atoms with Gasteiger partial charge in [-0.2, -0.15) is 0 Å². The number of benzene rings is 12. The summed E-state index contributed by atoms with van der Waals surface area (Å²) in [5.74, 6) is 0. The van der Waals surface area contributed by atoms with E-state index in [1.807, 2.05) is 0 Å². The summed E-state index contributed by atoms with van der Waals surface area (Å²) in [6.45, 7) is 27.1. The molecular weight excluding hydrogens is 893 g/mol. The van der Waals surface area contributed by atoms with Gasteiger partial charge in [0, 0.05) is 44.3 Å². The van der Waals surface area contributed by atoms with E-state index in [1.54, 1.807) is 0 Å². The lowest BCUT2D eigenvalue weighted by atomic mass is 9.84. The minimum atomic E-state index is 1.16. The van der Waals surface area contributed by atoms with Crippen LogP contribution in [-0.2, 0) is 0 Å². The normalized spacial score (nSPS) is 11.8. The van der Waals surface area contributed by atoms with Gasteiger partial charge in [-0.25, -0.2) is 0 Å². The maximum atomic E-state index is 2.56. The second kappa shape index (κ2) is 17.8. The van der Waals surface area contributed by atoms with E-state index < -0.39 is 0 Å². The molecule has 0 unspecified atom stereocenters. The Morgan fingerprint density at radius 3 is 0.811 bits per heavy atom. The van der Waals surface area contributed by atoms with Gasteiger partial charge in [-0.3, -0.25) is 0 Å². The Morgan fingerprint density at radius 1 is 0.230 bits per heavy atom. The average molecular weight is 957 g/mol. The zero-order valence-electron chi connectivity index (χ0n) is 45.1. The molecule has 0 spiro atoms. The van der Waals surface area contributed by atoms with Gasteiger partial charge < -0.3 is 9.80 Å². The molecule has 0 saturated heterocycles. The van der Waals surface area contributed by atoms with Gasteiger partial charge >= 0.3 is 0 Å². The largest absolute Gasteiger partial charge is 0.310 e. The fourth-order valence-corrected chi connectivity index (χ4v) is 12.1. The molecule has 0 radical (unpaired) electrons. The van der Waals surface area contributed by atoms with Crippen LogP contribution in [0.2, 0.25) is 0 Å². The smallest absolute Gasteiger partial charge is 0.0546 e. The predicted octanol–water partition coefficient (Wildman–Crippen LogP) is 20.9. The van der Waals surface area contributed by atoms with Crippen LogP contribution in [-0.4, -0.2) is 0 Å². The number of aryl methyl sites for hydroxylation is 8. The Morgan fingerprint density at radius 2 is 0.500 bits per heavy atom. The van der Waals surface area contributed by atoms with Gasteiger partial charge in [0.25, 0.3) is 0 Å². The minimum Gasteiger partial charge on any atom is -0.310 e. The fraction of sp³-hybridized carbons (Fsp3) is 0.167. The van der Waals surface area contributed by atoms with Crippen LogP contribution in [0.5, 0.6) is 0 Å². The lowest BCUT2D eigenvalue weighted by Gasteiger charge is -2.32. The summed E-state index contributed by atoms with van der Waals surface area (Å²) < 4.78 is 0. The summed E-state index contributed by atoms with van der Waals surface area (Å²) in [5.41, 5.74) is 27.4. The molecule has 0 N–H and O–H groups in total. The third kappa shape index (κ3) is 7.45. The Hall–Kier alpha value is -8.20. The van der Waals surface area contributed by atoms with Crippen LogP contribution >= 0.6 is 0 Å². The maximum Gasteiger partial charge on any atom is 0.0546 e. The molecule has 0 aromatic heterocycles. The van der Waals surface area contributed by atoms with Gasteiger partial charge in [0.1, 0.15) is 0 Å². The highest BCUT2D eigenvalue weighted by atomic mass is 15.2. The number of rotatable bonds is 8. The maximum absolute atomic E-state index is 2.56. The Labute approximate surface area is 437 Å². The number of hydrogen-bond donors (Lipinski definition) is 0. The Bertz CT molecular complexity index is 3790. The van der Waals surface area contributed by atoms with Crippen molar-refractivity contribution >= 4 is 88.0 Å². The zero-order valence-corrected chi connectivity index (χ0v) is 45.1. The molecule has 0 atom stereocenters. The topological polar surface area (TPSA) is 6.48 Å². The van der Waals surface area contributed by atoms with Gasteiger partial charge in [0.15, 0.2) is 0 Å². The first kappa shape index (κ1) is 46.8. The SMILES string of the molecule is Cc1cc(N(c2cc(C)c(C)c(C)c2)c2cc(-c3cccc4ccccc34)c3ccc4c(N(c5cc(C)c(C)c(C)c5)c5cc(C)c(C)c(C)c5)cc(-c5cccc6ccccc56)c5ccc2c3c54)cc(C)c1C. The van der Waals surface area contributed by atoms with E-state index >= 15 is 0 Å². The van der Waals surface area contributed by atoms with Crippen molar-refractivity contribution in [2.24, 2.45) is 0 Å². The first-order valence-electron chi connectivity index (χ1n) is 26.3. The molecule has 0 fully saturated rings. The lowest BCUT2D eigenvalue weighted by molar-refractivity contribution is 1.19. The highest BCUT2D eigenvalue weighted by Crippen LogP contribution is 2.54. The second-order valence-corrected chi connectivity index (χ2v) is 21.5. The number of hydrogen-bond acceptors (Lipinski definition) is 2. The van der Waals surface area contributed by atoms with Crippen LogP contribution in [0.25, 0.3) is 76.1 Å². The summed E-state index contributed by atoms with van der Waals surface area (Å²) in [6.07, 6.45) is 0. The molecule has 0 aliphatic carbocycles. The number of anilines is 6. The first-order chi connectivity index (χ1) is 35.7. The van der Waals surface area contributed by atoms with Crippen LogP contribution in [0, 0.1) is 83.1 Å². The van der Waals surface area contributed by atoms with Crippen molar-refractivity contribution in [2.75, 3.05) is 9.80 Å². The van der Waals surface area contributed by atoms with E-state index in [1.165, 1.54) is 143 Å². The highest BCUT2D eigenvalue weighted by Gasteiger charge is 2.28. The molecule has 0 saturated carbocycles. The summed E-state index contributed by atoms with van der Waals surface area (Å²) in [4.78, 5) is 5.13. The van der Waals surface area contributed by atoms with Crippen LogP contribution in [0.1, 0.15) is 66.8 Å². The monoisotopic (exact) mass is 957 g/mol. The Balaban J connectivity index is 1.31. The van der Waals surface area contributed by atoms with Crippen molar-refractivity contribution < 1.29 is 0 Å². The van der Waals surface area contributed by atoms with Crippen molar-refractivity contribution in [1.82, 2.24) is 0 Å². The minimum absolute atomic E-state index is 1.16. The molecule has 12 aromatic carbocycles. The van der Waals surface area contributed by atoms with E-state index in [-0.39, 0.29) is 0 Å². The second-order valence-electron chi connectivity index (χ2n) is 21.5. The molecule has 12 rings (SSSR count). The molecule has 0 heterocycles. The van der Waals surface area contributed by atoms with E-state index in [0.717, 1.165) is 34.1 Å².